The van der Waals surface area contributed by atoms with Crippen LogP contribution in [0.1, 0.15) is 22.9 Å². The minimum Gasteiger partial charge on any atom is -0.420 e. The normalized spacial score (nSPS) is 11.9. The number of hydrogen-bond acceptors (Lipinski definition) is 5. The maximum absolute atomic E-state index is 12.2. The molecule has 0 N–H and O–H groups in total. The molecule has 5 nitrogen and oxygen atoms in total. The van der Waals surface area contributed by atoms with E-state index in [1.807, 2.05) is 18.2 Å². The van der Waals surface area contributed by atoms with Crippen LogP contribution in [0.5, 0.6) is 0 Å². The van der Waals surface area contributed by atoms with Crippen molar-refractivity contribution in [1.29, 1.82) is 0 Å². The Hall–Kier alpha value is -2.44. The minimum absolute atomic E-state index is 0.0633. The Morgan fingerprint density at radius 3 is 2.36 bits per heavy atom. The van der Waals surface area contributed by atoms with Gasteiger partial charge in [0.05, 0.1) is 5.75 Å². The van der Waals surface area contributed by atoms with Crippen molar-refractivity contribution in [3.8, 4) is 0 Å². The van der Waals surface area contributed by atoms with Gasteiger partial charge in [-0.2, -0.15) is 0 Å². The first-order chi connectivity index (χ1) is 12.0. The van der Waals surface area contributed by atoms with E-state index in [1.165, 1.54) is 0 Å². The smallest absolute Gasteiger partial charge is 0.240 e. The van der Waals surface area contributed by atoms with E-state index in [0.717, 1.165) is 11.1 Å². The first kappa shape index (κ1) is 17.4. The second-order valence-electron chi connectivity index (χ2n) is 5.44. The van der Waals surface area contributed by atoms with Gasteiger partial charge in [-0.1, -0.05) is 54.1 Å². The summed E-state index contributed by atoms with van der Waals surface area (Å²) in [6, 6.07) is 16.2. The lowest BCUT2D eigenvalue weighted by molar-refractivity contribution is 0.498. The van der Waals surface area contributed by atoms with Gasteiger partial charge in [-0.15, -0.1) is 10.2 Å². The summed E-state index contributed by atoms with van der Waals surface area (Å²) in [7, 11) is -3.38. The van der Waals surface area contributed by atoms with Gasteiger partial charge >= 0.3 is 0 Å². The maximum atomic E-state index is 12.2. The molecule has 0 aliphatic rings. The van der Waals surface area contributed by atoms with Crippen LogP contribution in [0.25, 0.3) is 12.2 Å². The molecule has 0 aliphatic carbocycles. The molecular formula is C18H15ClN2O3S. The molecule has 25 heavy (non-hydrogen) atoms. The summed E-state index contributed by atoms with van der Waals surface area (Å²) in [5.41, 5.74) is 1.64. The largest absolute Gasteiger partial charge is 0.420 e. The van der Waals surface area contributed by atoms with Crippen LogP contribution in [-0.4, -0.2) is 18.6 Å². The molecule has 3 aromatic rings. The van der Waals surface area contributed by atoms with E-state index in [9.17, 15) is 8.42 Å². The molecule has 0 amide bonds. The lowest BCUT2D eigenvalue weighted by Crippen LogP contribution is -2.07. The first-order valence-electron chi connectivity index (χ1n) is 7.50. The summed E-state index contributed by atoms with van der Waals surface area (Å²) in [6.45, 7) is 0. The standard InChI is InChI=1S/C18H15ClN2O3S/c19-16-9-6-14(7-10-16)8-11-17-20-21-18(24-17)13-25(22,23)12-15-4-2-1-3-5-15/h1-11H,12-13H2/b11-8+. The molecule has 128 valence electrons. The molecule has 0 saturated heterocycles. The summed E-state index contributed by atoms with van der Waals surface area (Å²) in [4.78, 5) is 0. The van der Waals surface area contributed by atoms with Crippen molar-refractivity contribution in [2.24, 2.45) is 0 Å². The Morgan fingerprint density at radius 1 is 0.920 bits per heavy atom. The quantitative estimate of drug-likeness (QED) is 0.651. The third-order valence-corrected chi connectivity index (χ3v) is 5.06. The van der Waals surface area contributed by atoms with Crippen molar-refractivity contribution in [3.05, 3.63) is 82.5 Å². The van der Waals surface area contributed by atoms with Gasteiger partial charge in [-0.05, 0) is 29.3 Å². The maximum Gasteiger partial charge on any atom is 0.240 e. The van der Waals surface area contributed by atoms with Crippen LogP contribution in [-0.2, 0) is 21.3 Å². The number of aromatic nitrogens is 2. The van der Waals surface area contributed by atoms with Crippen molar-refractivity contribution >= 4 is 33.6 Å². The number of nitrogens with zero attached hydrogens (tertiary/aromatic N) is 2. The minimum atomic E-state index is -3.38. The van der Waals surface area contributed by atoms with Crippen molar-refractivity contribution < 1.29 is 12.8 Å². The van der Waals surface area contributed by atoms with Crippen LogP contribution in [0.15, 0.2) is 59.0 Å². The van der Waals surface area contributed by atoms with E-state index >= 15 is 0 Å². The molecule has 0 atom stereocenters. The predicted molar refractivity (Wildman–Crippen MR) is 97.4 cm³/mol. The van der Waals surface area contributed by atoms with Gasteiger partial charge < -0.3 is 4.42 Å². The van der Waals surface area contributed by atoms with Gasteiger partial charge in [0.2, 0.25) is 11.8 Å². The molecule has 2 aromatic carbocycles. The highest BCUT2D eigenvalue weighted by molar-refractivity contribution is 7.89. The van der Waals surface area contributed by atoms with E-state index in [4.69, 9.17) is 16.0 Å². The average Bonchev–Trinajstić information content (AvgIpc) is 3.01. The number of sulfone groups is 1. The van der Waals surface area contributed by atoms with Gasteiger partial charge in [0.15, 0.2) is 9.84 Å². The van der Waals surface area contributed by atoms with Crippen LogP contribution in [0.2, 0.25) is 5.02 Å². The Kier molecular flexibility index (Phi) is 5.31. The third kappa shape index (κ3) is 5.27. The molecule has 1 heterocycles. The van der Waals surface area contributed by atoms with Crippen LogP contribution in [0, 0.1) is 0 Å². The molecule has 0 unspecified atom stereocenters. The molecule has 0 radical (unpaired) electrons. The lowest BCUT2D eigenvalue weighted by Gasteiger charge is -2.01. The number of hydrogen-bond donors (Lipinski definition) is 0. The summed E-state index contributed by atoms with van der Waals surface area (Å²) < 4.78 is 29.9. The summed E-state index contributed by atoms with van der Waals surface area (Å²) >= 11 is 5.83. The van der Waals surface area contributed by atoms with Crippen molar-refractivity contribution in [2.75, 3.05) is 0 Å². The van der Waals surface area contributed by atoms with E-state index in [1.54, 1.807) is 48.6 Å². The number of halogens is 1. The monoisotopic (exact) mass is 374 g/mol. The molecule has 7 heteroatoms. The molecular weight excluding hydrogens is 360 g/mol. The van der Waals surface area contributed by atoms with Gasteiger partial charge in [0.1, 0.15) is 5.75 Å². The van der Waals surface area contributed by atoms with Gasteiger partial charge in [-0.3, -0.25) is 0 Å². The highest BCUT2D eigenvalue weighted by Crippen LogP contribution is 2.14. The number of benzene rings is 2. The molecule has 1 aromatic heterocycles. The van der Waals surface area contributed by atoms with Crippen LogP contribution >= 0.6 is 11.6 Å². The lowest BCUT2D eigenvalue weighted by atomic mass is 10.2. The average molecular weight is 375 g/mol. The van der Waals surface area contributed by atoms with Crippen molar-refractivity contribution in [1.82, 2.24) is 10.2 Å². The Morgan fingerprint density at radius 2 is 1.64 bits per heavy atom. The van der Waals surface area contributed by atoms with E-state index in [-0.39, 0.29) is 23.3 Å². The predicted octanol–water partition coefficient (Wildman–Crippen LogP) is 4.01. The molecule has 3 rings (SSSR count). The molecule has 0 fully saturated rings. The SMILES string of the molecule is O=S(=O)(Cc1ccccc1)Cc1nnc(/C=C/c2ccc(Cl)cc2)o1. The summed E-state index contributed by atoms with van der Waals surface area (Å²) in [5, 5.41) is 8.30. The van der Waals surface area contributed by atoms with E-state index in [2.05, 4.69) is 10.2 Å². The zero-order valence-corrected chi connectivity index (χ0v) is 14.7. The van der Waals surface area contributed by atoms with E-state index in [0.29, 0.717) is 5.02 Å². The van der Waals surface area contributed by atoms with Crippen molar-refractivity contribution in [2.45, 2.75) is 11.5 Å². The second-order valence-corrected chi connectivity index (χ2v) is 7.94. The number of rotatable bonds is 6. The molecule has 0 spiro atoms. The Labute approximate surface area is 150 Å². The second kappa shape index (κ2) is 7.63. The first-order valence-corrected chi connectivity index (χ1v) is 9.70. The van der Waals surface area contributed by atoms with Gasteiger partial charge in [0, 0.05) is 11.1 Å². The van der Waals surface area contributed by atoms with Crippen LogP contribution < -0.4 is 0 Å². The van der Waals surface area contributed by atoms with Gasteiger partial charge in [-0.25, -0.2) is 8.42 Å². The van der Waals surface area contributed by atoms with E-state index < -0.39 is 9.84 Å². The summed E-state index contributed by atoms with van der Waals surface area (Å²) in [5.74, 6) is -0.0258. The Balaban J connectivity index is 1.66. The van der Waals surface area contributed by atoms with Crippen LogP contribution in [0.3, 0.4) is 0 Å². The fraction of sp³-hybridized carbons (Fsp3) is 0.111. The highest BCUT2D eigenvalue weighted by atomic mass is 35.5. The fourth-order valence-corrected chi connectivity index (χ4v) is 3.62. The van der Waals surface area contributed by atoms with Crippen molar-refractivity contribution in [3.63, 3.8) is 0 Å². The molecule has 0 bridgehead atoms. The molecule has 0 aliphatic heterocycles. The fourth-order valence-electron chi connectivity index (χ4n) is 2.20. The Bertz CT molecular complexity index is 965. The highest BCUT2D eigenvalue weighted by Gasteiger charge is 2.17. The van der Waals surface area contributed by atoms with Crippen LogP contribution in [0.4, 0.5) is 0 Å². The topological polar surface area (TPSA) is 73.1 Å². The zero-order chi connectivity index (χ0) is 17.7. The zero-order valence-electron chi connectivity index (χ0n) is 13.2. The molecule has 0 saturated carbocycles. The van der Waals surface area contributed by atoms with Gasteiger partial charge in [0.25, 0.3) is 0 Å². The summed E-state index contributed by atoms with van der Waals surface area (Å²) in [6.07, 6.45) is 3.41. The third-order valence-electron chi connectivity index (χ3n) is 3.34.